The third-order valence-corrected chi connectivity index (χ3v) is 6.70. The predicted molar refractivity (Wildman–Crippen MR) is 82.4 cm³/mol. The fraction of sp³-hybridized carbons (Fsp3) is 0.944. The molecule has 0 amide bonds. The van der Waals surface area contributed by atoms with Crippen molar-refractivity contribution in [2.24, 2.45) is 22.7 Å². The van der Waals surface area contributed by atoms with Crippen LogP contribution in [0.1, 0.15) is 79.6 Å². The normalized spacial score (nSPS) is 36.0. The van der Waals surface area contributed by atoms with E-state index in [1.54, 1.807) is 0 Å². The van der Waals surface area contributed by atoms with Gasteiger partial charge in [-0.25, -0.2) is 0 Å². The van der Waals surface area contributed by atoms with Crippen LogP contribution in [0.25, 0.3) is 0 Å². The molecule has 2 fully saturated rings. The van der Waals surface area contributed by atoms with Crippen LogP contribution in [0.2, 0.25) is 0 Å². The van der Waals surface area contributed by atoms with Gasteiger partial charge in [-0.05, 0) is 43.4 Å². The number of ether oxygens (including phenoxy) is 1. The number of hydrogen-bond acceptors (Lipinski definition) is 2. The Kier molecular flexibility index (Phi) is 4.51. The van der Waals surface area contributed by atoms with Crippen LogP contribution < -0.4 is 0 Å². The third-order valence-electron chi connectivity index (χ3n) is 6.70. The summed E-state index contributed by atoms with van der Waals surface area (Å²) >= 11 is 0. The first-order chi connectivity index (χ1) is 9.36. The molecule has 2 nitrogen and oxygen atoms in total. The molecule has 4 unspecified atom stereocenters. The van der Waals surface area contributed by atoms with Crippen LogP contribution in [0.4, 0.5) is 0 Å². The summed E-state index contributed by atoms with van der Waals surface area (Å²) in [5.74, 6) is 0.914. The Morgan fingerprint density at radius 1 is 1.30 bits per heavy atom. The molecule has 2 bridgehead atoms. The molecule has 0 saturated heterocycles. The molecule has 0 heterocycles. The number of carbonyl (C=O) groups is 1. The first-order valence-electron chi connectivity index (χ1n) is 8.57. The Labute approximate surface area is 124 Å². The van der Waals surface area contributed by atoms with E-state index in [1.807, 2.05) is 0 Å². The summed E-state index contributed by atoms with van der Waals surface area (Å²) in [4.78, 5) is 12.4. The van der Waals surface area contributed by atoms with Crippen molar-refractivity contribution in [3.63, 3.8) is 0 Å². The van der Waals surface area contributed by atoms with Crippen LogP contribution >= 0.6 is 0 Å². The minimum Gasteiger partial charge on any atom is -0.462 e. The van der Waals surface area contributed by atoms with Crippen molar-refractivity contribution < 1.29 is 9.53 Å². The highest BCUT2D eigenvalue weighted by Crippen LogP contribution is 2.66. The van der Waals surface area contributed by atoms with Gasteiger partial charge >= 0.3 is 5.97 Å². The van der Waals surface area contributed by atoms with Crippen molar-refractivity contribution in [2.75, 3.05) is 0 Å². The summed E-state index contributed by atoms with van der Waals surface area (Å²) in [6, 6.07) is 0. The van der Waals surface area contributed by atoms with Crippen molar-refractivity contribution >= 4 is 5.97 Å². The van der Waals surface area contributed by atoms with Gasteiger partial charge in [0.15, 0.2) is 0 Å². The molecular weight excluding hydrogens is 248 g/mol. The van der Waals surface area contributed by atoms with Gasteiger partial charge in [0, 0.05) is 5.41 Å². The summed E-state index contributed by atoms with van der Waals surface area (Å²) in [6.07, 6.45) is 7.94. The average Bonchev–Trinajstić information content (AvgIpc) is 2.73. The minimum absolute atomic E-state index is 0.0653. The molecule has 0 aliphatic heterocycles. The molecule has 2 aliphatic rings. The number of hydrogen-bond donors (Lipinski definition) is 0. The molecule has 4 atom stereocenters. The van der Waals surface area contributed by atoms with Gasteiger partial charge < -0.3 is 4.74 Å². The van der Waals surface area contributed by atoms with Crippen molar-refractivity contribution in [1.82, 2.24) is 0 Å². The number of esters is 1. The molecule has 2 rings (SSSR count). The first-order valence-corrected chi connectivity index (χ1v) is 8.57. The highest BCUT2D eigenvalue weighted by atomic mass is 16.5. The maximum atomic E-state index is 12.4. The van der Waals surface area contributed by atoms with Crippen molar-refractivity contribution in [1.29, 1.82) is 0 Å². The monoisotopic (exact) mass is 280 g/mol. The molecule has 2 heteroatoms. The lowest BCUT2D eigenvalue weighted by Gasteiger charge is -2.38. The van der Waals surface area contributed by atoms with E-state index in [0.29, 0.717) is 5.41 Å². The Morgan fingerprint density at radius 3 is 2.45 bits per heavy atom. The first kappa shape index (κ1) is 15.9. The summed E-state index contributed by atoms with van der Waals surface area (Å²) in [5, 5.41) is 0. The van der Waals surface area contributed by atoms with E-state index in [1.165, 1.54) is 12.8 Å². The molecule has 2 aliphatic carbocycles. The van der Waals surface area contributed by atoms with E-state index >= 15 is 0 Å². The molecule has 116 valence electrons. The van der Waals surface area contributed by atoms with Crippen molar-refractivity contribution in [3.8, 4) is 0 Å². The molecule has 0 aromatic rings. The Morgan fingerprint density at radius 2 is 2.00 bits per heavy atom. The second kappa shape index (κ2) is 5.69. The Bertz CT molecular complexity index is 360. The lowest BCUT2D eigenvalue weighted by molar-refractivity contribution is -0.162. The van der Waals surface area contributed by atoms with Crippen molar-refractivity contribution in [3.05, 3.63) is 0 Å². The lowest BCUT2D eigenvalue weighted by Crippen LogP contribution is -2.39. The van der Waals surface area contributed by atoms with Gasteiger partial charge in [0.05, 0.1) is 5.92 Å². The summed E-state index contributed by atoms with van der Waals surface area (Å²) in [7, 11) is 0. The second-order valence-electron chi connectivity index (χ2n) is 7.78. The van der Waals surface area contributed by atoms with Gasteiger partial charge in [0.25, 0.3) is 0 Å². The predicted octanol–water partition coefficient (Wildman–Crippen LogP) is 4.96. The zero-order chi connectivity index (χ0) is 15.0. The van der Waals surface area contributed by atoms with Crippen molar-refractivity contribution in [2.45, 2.75) is 85.7 Å². The number of carbonyl (C=O) groups excluding carboxylic acids is 1. The molecule has 0 N–H and O–H groups in total. The topological polar surface area (TPSA) is 26.3 Å². The Balaban J connectivity index is 1.99. The highest BCUT2D eigenvalue weighted by molar-refractivity contribution is 5.72. The average molecular weight is 280 g/mol. The van der Waals surface area contributed by atoms with E-state index in [2.05, 4.69) is 34.6 Å². The fourth-order valence-corrected chi connectivity index (χ4v) is 4.48. The molecule has 0 aromatic heterocycles. The smallest absolute Gasteiger partial charge is 0.309 e. The van der Waals surface area contributed by atoms with Crippen LogP contribution in [-0.4, -0.2) is 12.1 Å². The van der Waals surface area contributed by atoms with Gasteiger partial charge in [0.2, 0.25) is 0 Å². The third kappa shape index (κ3) is 2.40. The maximum absolute atomic E-state index is 12.4. The van der Waals surface area contributed by atoms with Crippen LogP contribution in [0.15, 0.2) is 0 Å². The van der Waals surface area contributed by atoms with E-state index in [4.69, 9.17) is 4.74 Å². The SMILES string of the molecule is CCCCC(CC)C(=O)OC1CC2CCC1(C)C2(C)C. The quantitative estimate of drug-likeness (QED) is 0.643. The van der Waals surface area contributed by atoms with E-state index < -0.39 is 0 Å². The van der Waals surface area contributed by atoms with Gasteiger partial charge in [-0.2, -0.15) is 0 Å². The zero-order valence-corrected chi connectivity index (χ0v) is 14.0. The number of unbranched alkanes of at least 4 members (excludes halogenated alkanes) is 1. The van der Waals surface area contributed by atoms with E-state index in [0.717, 1.165) is 38.0 Å². The van der Waals surface area contributed by atoms with Crippen LogP contribution in [0.3, 0.4) is 0 Å². The van der Waals surface area contributed by atoms with Gasteiger partial charge in [0.1, 0.15) is 6.10 Å². The lowest BCUT2D eigenvalue weighted by atomic mass is 9.70. The molecule has 20 heavy (non-hydrogen) atoms. The molecular formula is C18H32O2. The molecule has 0 aromatic carbocycles. The molecule has 2 saturated carbocycles. The Hall–Kier alpha value is -0.530. The van der Waals surface area contributed by atoms with Gasteiger partial charge in [-0.3, -0.25) is 4.79 Å². The minimum atomic E-state index is 0.0653. The fourth-order valence-electron chi connectivity index (χ4n) is 4.48. The molecule has 0 radical (unpaired) electrons. The molecule has 0 spiro atoms. The van der Waals surface area contributed by atoms with Gasteiger partial charge in [-0.1, -0.05) is 47.5 Å². The number of rotatable bonds is 6. The van der Waals surface area contributed by atoms with E-state index in [9.17, 15) is 4.79 Å². The second-order valence-corrected chi connectivity index (χ2v) is 7.78. The van der Waals surface area contributed by atoms with E-state index in [-0.39, 0.29) is 23.4 Å². The summed E-state index contributed by atoms with van der Waals surface area (Å²) < 4.78 is 6.00. The van der Waals surface area contributed by atoms with Gasteiger partial charge in [-0.15, -0.1) is 0 Å². The van der Waals surface area contributed by atoms with Crippen LogP contribution in [-0.2, 0) is 9.53 Å². The maximum Gasteiger partial charge on any atom is 0.309 e. The highest BCUT2D eigenvalue weighted by Gasteiger charge is 2.62. The number of fused-ring (bicyclic) bond motifs is 2. The standard InChI is InChI=1S/C18H32O2/c1-6-8-9-13(7-2)16(19)20-15-12-14-10-11-18(15,5)17(14,3)4/h13-15H,6-12H2,1-5H3. The largest absolute Gasteiger partial charge is 0.462 e. The van der Waals surface area contributed by atoms with Crippen LogP contribution in [0, 0.1) is 22.7 Å². The van der Waals surface area contributed by atoms with Crippen LogP contribution in [0.5, 0.6) is 0 Å². The summed E-state index contributed by atoms with van der Waals surface area (Å²) in [5.41, 5.74) is 0.513. The summed E-state index contributed by atoms with van der Waals surface area (Å²) in [6.45, 7) is 11.4. The zero-order valence-electron chi connectivity index (χ0n) is 14.0.